The number of benzene rings is 3. The van der Waals surface area contributed by atoms with Crippen LogP contribution < -0.4 is 10.6 Å². The number of anilines is 2. The molecule has 1 heterocycles. The van der Waals surface area contributed by atoms with Crippen molar-refractivity contribution in [1.82, 2.24) is 10.2 Å². The van der Waals surface area contributed by atoms with Crippen LogP contribution in [0, 0.1) is 0 Å². The Hall–Kier alpha value is -3.23. The van der Waals surface area contributed by atoms with Crippen LogP contribution in [-0.4, -0.2) is 27.8 Å². The van der Waals surface area contributed by atoms with Crippen LogP contribution in [0.15, 0.2) is 71.1 Å². The van der Waals surface area contributed by atoms with Crippen molar-refractivity contribution in [3.8, 4) is 0 Å². The molecule has 0 fully saturated rings. The fourth-order valence-corrected chi connectivity index (χ4v) is 4.80. The van der Waals surface area contributed by atoms with Gasteiger partial charge in [-0.25, -0.2) is 0 Å². The molecule has 0 radical (unpaired) electrons. The maximum Gasteiger partial charge on any atom is 0.257 e. The SMILES string of the molecule is CC(C)(C)c1ccc(C(=O)Nc2nnc(SCC(=O)Nc3cccc4ccccc34)s2)cc1. The molecule has 1 aromatic heterocycles. The van der Waals surface area contributed by atoms with E-state index in [0.717, 1.165) is 22.0 Å². The molecule has 0 aliphatic carbocycles. The zero-order valence-corrected chi connectivity index (χ0v) is 20.2. The van der Waals surface area contributed by atoms with Crippen molar-refractivity contribution in [2.24, 2.45) is 0 Å². The molecule has 4 aromatic rings. The summed E-state index contributed by atoms with van der Waals surface area (Å²) in [7, 11) is 0. The Balaban J connectivity index is 1.32. The fourth-order valence-electron chi connectivity index (χ4n) is 3.26. The minimum Gasteiger partial charge on any atom is -0.325 e. The van der Waals surface area contributed by atoms with Gasteiger partial charge in [-0.2, -0.15) is 0 Å². The Labute approximate surface area is 200 Å². The van der Waals surface area contributed by atoms with E-state index in [1.807, 2.05) is 66.7 Å². The van der Waals surface area contributed by atoms with Gasteiger partial charge in [0.25, 0.3) is 5.91 Å². The second-order valence-corrected chi connectivity index (χ2v) is 10.7. The Kier molecular flexibility index (Phi) is 6.76. The highest BCUT2D eigenvalue weighted by Crippen LogP contribution is 2.28. The van der Waals surface area contributed by atoms with Crippen molar-refractivity contribution in [1.29, 1.82) is 0 Å². The van der Waals surface area contributed by atoms with Crippen molar-refractivity contribution in [3.63, 3.8) is 0 Å². The van der Waals surface area contributed by atoms with Crippen LogP contribution >= 0.6 is 23.1 Å². The number of hydrogen-bond donors (Lipinski definition) is 2. The summed E-state index contributed by atoms with van der Waals surface area (Å²) >= 11 is 2.53. The third-order valence-corrected chi connectivity index (χ3v) is 7.00. The van der Waals surface area contributed by atoms with E-state index in [-0.39, 0.29) is 23.0 Å². The summed E-state index contributed by atoms with van der Waals surface area (Å²) in [5.41, 5.74) is 2.53. The number of rotatable bonds is 6. The first kappa shape index (κ1) is 22.9. The lowest BCUT2D eigenvalue weighted by Gasteiger charge is -2.18. The van der Waals surface area contributed by atoms with Crippen LogP contribution in [0.2, 0.25) is 0 Å². The Bertz CT molecular complexity index is 1290. The van der Waals surface area contributed by atoms with Crippen LogP contribution in [0.5, 0.6) is 0 Å². The number of carbonyl (C=O) groups is 2. The maximum atomic E-state index is 12.5. The fraction of sp³-hybridized carbons (Fsp3) is 0.200. The van der Waals surface area contributed by atoms with E-state index in [9.17, 15) is 9.59 Å². The van der Waals surface area contributed by atoms with Gasteiger partial charge in [-0.15, -0.1) is 10.2 Å². The van der Waals surface area contributed by atoms with E-state index in [0.29, 0.717) is 15.0 Å². The molecule has 6 nitrogen and oxygen atoms in total. The number of thioether (sulfide) groups is 1. The van der Waals surface area contributed by atoms with E-state index < -0.39 is 0 Å². The standard InChI is InChI=1S/C25H24N4O2S2/c1-25(2,3)18-13-11-17(12-14-18)22(31)27-23-28-29-24(33-23)32-15-21(30)26-20-10-6-8-16-7-4-5-9-19(16)20/h4-14H,15H2,1-3H3,(H,26,30)(H,27,28,31). The number of nitrogens with one attached hydrogen (secondary N) is 2. The first-order chi connectivity index (χ1) is 15.8. The van der Waals surface area contributed by atoms with Gasteiger partial charge in [-0.1, -0.05) is 92.4 Å². The molecular formula is C25H24N4O2S2. The Morgan fingerprint density at radius 3 is 2.39 bits per heavy atom. The summed E-state index contributed by atoms with van der Waals surface area (Å²) < 4.78 is 0.612. The van der Waals surface area contributed by atoms with Crippen LogP contribution in [0.1, 0.15) is 36.7 Å². The van der Waals surface area contributed by atoms with Gasteiger partial charge in [0.05, 0.1) is 5.75 Å². The van der Waals surface area contributed by atoms with Gasteiger partial charge < -0.3 is 5.32 Å². The molecule has 0 atom stereocenters. The lowest BCUT2D eigenvalue weighted by molar-refractivity contribution is -0.113. The number of fused-ring (bicyclic) bond motifs is 1. The van der Waals surface area contributed by atoms with Gasteiger partial charge >= 0.3 is 0 Å². The molecule has 168 valence electrons. The van der Waals surface area contributed by atoms with Gasteiger partial charge in [-0.05, 0) is 34.6 Å². The molecule has 0 bridgehead atoms. The summed E-state index contributed by atoms with van der Waals surface area (Å²) in [5.74, 6) is -0.173. The summed E-state index contributed by atoms with van der Waals surface area (Å²) in [6.07, 6.45) is 0. The van der Waals surface area contributed by atoms with Crippen molar-refractivity contribution >= 4 is 56.5 Å². The molecule has 0 unspecified atom stereocenters. The molecule has 4 rings (SSSR count). The lowest BCUT2D eigenvalue weighted by Crippen LogP contribution is -2.14. The van der Waals surface area contributed by atoms with E-state index in [1.54, 1.807) is 0 Å². The van der Waals surface area contributed by atoms with Gasteiger partial charge in [0.2, 0.25) is 11.0 Å². The van der Waals surface area contributed by atoms with Gasteiger partial charge in [0.15, 0.2) is 4.34 Å². The Morgan fingerprint density at radius 2 is 1.64 bits per heavy atom. The van der Waals surface area contributed by atoms with Crippen molar-refractivity contribution in [2.75, 3.05) is 16.4 Å². The minimum atomic E-state index is -0.239. The molecule has 33 heavy (non-hydrogen) atoms. The van der Waals surface area contributed by atoms with Crippen LogP contribution in [0.25, 0.3) is 10.8 Å². The van der Waals surface area contributed by atoms with Gasteiger partial charge in [0.1, 0.15) is 0 Å². The van der Waals surface area contributed by atoms with Crippen molar-refractivity contribution in [2.45, 2.75) is 30.5 Å². The largest absolute Gasteiger partial charge is 0.325 e. The van der Waals surface area contributed by atoms with Crippen molar-refractivity contribution in [3.05, 3.63) is 77.9 Å². The lowest BCUT2D eigenvalue weighted by atomic mass is 9.87. The summed E-state index contributed by atoms with van der Waals surface area (Å²) in [5, 5.41) is 16.3. The topological polar surface area (TPSA) is 84.0 Å². The molecule has 0 aliphatic heterocycles. The summed E-state index contributed by atoms with van der Waals surface area (Å²) in [6, 6.07) is 21.3. The number of aromatic nitrogens is 2. The highest BCUT2D eigenvalue weighted by atomic mass is 32.2. The van der Waals surface area contributed by atoms with Crippen LogP contribution in [0.3, 0.4) is 0 Å². The predicted octanol–water partition coefficient (Wildman–Crippen LogP) is 5.97. The average molecular weight is 477 g/mol. The molecule has 0 spiro atoms. The molecular weight excluding hydrogens is 452 g/mol. The predicted molar refractivity (Wildman–Crippen MR) is 136 cm³/mol. The molecule has 3 aromatic carbocycles. The maximum absolute atomic E-state index is 12.5. The second kappa shape index (κ2) is 9.72. The average Bonchev–Trinajstić information content (AvgIpc) is 3.25. The minimum absolute atomic E-state index is 0.0280. The Morgan fingerprint density at radius 1 is 0.909 bits per heavy atom. The van der Waals surface area contributed by atoms with Crippen LogP contribution in [-0.2, 0) is 10.2 Å². The zero-order valence-electron chi connectivity index (χ0n) is 18.6. The molecule has 2 N–H and O–H groups in total. The number of hydrogen-bond acceptors (Lipinski definition) is 6. The quantitative estimate of drug-likeness (QED) is 0.264. The monoisotopic (exact) mass is 476 g/mol. The highest BCUT2D eigenvalue weighted by Gasteiger charge is 2.16. The second-order valence-electron chi connectivity index (χ2n) is 8.52. The molecule has 0 saturated carbocycles. The van der Waals surface area contributed by atoms with E-state index >= 15 is 0 Å². The van der Waals surface area contributed by atoms with Crippen LogP contribution in [0.4, 0.5) is 10.8 Å². The van der Waals surface area contributed by atoms with Gasteiger partial charge in [-0.3, -0.25) is 14.9 Å². The smallest absolute Gasteiger partial charge is 0.257 e. The van der Waals surface area contributed by atoms with E-state index in [4.69, 9.17) is 0 Å². The number of amides is 2. The molecule has 8 heteroatoms. The molecule has 2 amide bonds. The molecule has 0 saturated heterocycles. The first-order valence-electron chi connectivity index (χ1n) is 10.5. The van der Waals surface area contributed by atoms with E-state index in [1.165, 1.54) is 23.1 Å². The normalized spacial score (nSPS) is 11.4. The summed E-state index contributed by atoms with van der Waals surface area (Å²) in [4.78, 5) is 25.0. The van der Waals surface area contributed by atoms with Gasteiger partial charge in [0, 0.05) is 16.6 Å². The summed E-state index contributed by atoms with van der Waals surface area (Å²) in [6.45, 7) is 6.39. The van der Waals surface area contributed by atoms with E-state index in [2.05, 4.69) is 41.6 Å². The molecule has 0 aliphatic rings. The first-order valence-corrected chi connectivity index (χ1v) is 12.3. The number of carbonyl (C=O) groups excluding carboxylic acids is 2. The zero-order chi connectivity index (χ0) is 23.4. The third kappa shape index (κ3) is 5.77. The third-order valence-electron chi connectivity index (χ3n) is 5.03. The van der Waals surface area contributed by atoms with Crippen molar-refractivity contribution < 1.29 is 9.59 Å². The highest BCUT2D eigenvalue weighted by molar-refractivity contribution is 8.01. The number of nitrogens with zero attached hydrogens (tertiary/aromatic N) is 2.